The number of aliphatic hydroxyl groups excluding tert-OH is 1. The van der Waals surface area contributed by atoms with Crippen molar-refractivity contribution in [3.05, 3.63) is 46.5 Å². The number of nitro groups is 1. The fourth-order valence-corrected chi connectivity index (χ4v) is 3.22. The molecule has 0 fully saturated rings. The van der Waals surface area contributed by atoms with Crippen LogP contribution in [-0.4, -0.2) is 39.5 Å². The van der Waals surface area contributed by atoms with Crippen LogP contribution in [0.5, 0.6) is 0 Å². The number of rotatable bonds is 6. The minimum absolute atomic E-state index is 0. The Morgan fingerprint density at radius 2 is 2.04 bits per heavy atom. The van der Waals surface area contributed by atoms with E-state index in [1.165, 1.54) is 6.07 Å². The number of nitro benzene ring substituents is 1. The molecule has 4 rings (SSSR count). The largest absolute Gasteiger partial charge is 0.395 e. The van der Waals surface area contributed by atoms with Crippen molar-refractivity contribution in [3.8, 4) is 11.3 Å². The van der Waals surface area contributed by atoms with E-state index in [0.717, 1.165) is 27.8 Å². The minimum atomic E-state index is -0.375. The zero-order valence-electron chi connectivity index (χ0n) is 13.8. The molecule has 2 aromatic carbocycles. The maximum absolute atomic E-state index is 11.4. The Bertz CT molecular complexity index is 972. The van der Waals surface area contributed by atoms with Gasteiger partial charge in [-0.2, -0.15) is 5.10 Å². The number of benzene rings is 2. The summed E-state index contributed by atoms with van der Waals surface area (Å²) in [5.74, 6) is 0. The second-order valence-electron chi connectivity index (χ2n) is 5.83. The molecule has 8 nitrogen and oxygen atoms in total. The van der Waals surface area contributed by atoms with Gasteiger partial charge in [-0.3, -0.25) is 14.8 Å². The van der Waals surface area contributed by atoms with E-state index in [-0.39, 0.29) is 29.6 Å². The summed E-state index contributed by atoms with van der Waals surface area (Å²) in [5, 5.41) is 32.1. The number of nitrogens with zero attached hydrogens (tertiary/aromatic N) is 3. The second-order valence-corrected chi connectivity index (χ2v) is 5.83. The van der Waals surface area contributed by atoms with Gasteiger partial charge in [0.25, 0.3) is 5.69 Å². The van der Waals surface area contributed by atoms with Gasteiger partial charge in [0.15, 0.2) is 0 Å². The van der Waals surface area contributed by atoms with E-state index in [9.17, 15) is 10.1 Å². The molecule has 3 aromatic rings. The molecular formula is C17H18ClN5O3. The number of hydrogen-bond donors (Lipinski definition) is 3. The maximum Gasteiger partial charge on any atom is 0.293 e. The molecule has 0 spiro atoms. The zero-order valence-corrected chi connectivity index (χ0v) is 14.6. The number of halogens is 1. The van der Waals surface area contributed by atoms with Gasteiger partial charge in [0.1, 0.15) is 11.4 Å². The average molecular weight is 376 g/mol. The third-order valence-corrected chi connectivity index (χ3v) is 4.32. The second kappa shape index (κ2) is 7.28. The molecular weight excluding hydrogens is 358 g/mol. The lowest BCUT2D eigenvalue weighted by Gasteiger charge is -2.17. The van der Waals surface area contributed by atoms with Crippen molar-refractivity contribution < 1.29 is 10.0 Å². The molecule has 136 valence electrons. The van der Waals surface area contributed by atoms with Crippen molar-refractivity contribution in [1.29, 1.82) is 0 Å². The van der Waals surface area contributed by atoms with Gasteiger partial charge >= 0.3 is 0 Å². The summed E-state index contributed by atoms with van der Waals surface area (Å²) in [6.07, 6.45) is 0. The van der Waals surface area contributed by atoms with Crippen LogP contribution in [0.3, 0.4) is 0 Å². The number of anilines is 2. The highest BCUT2D eigenvalue weighted by Gasteiger charge is 2.28. The van der Waals surface area contributed by atoms with Crippen molar-refractivity contribution in [3.63, 3.8) is 0 Å². The lowest BCUT2D eigenvalue weighted by molar-refractivity contribution is -0.383. The van der Waals surface area contributed by atoms with Crippen LogP contribution in [-0.2, 0) is 6.54 Å². The quantitative estimate of drug-likeness (QED) is 0.272. The highest BCUT2D eigenvalue weighted by molar-refractivity contribution is 6.11. The van der Waals surface area contributed by atoms with Gasteiger partial charge in [0.05, 0.1) is 29.0 Å². The predicted molar refractivity (Wildman–Crippen MR) is 102 cm³/mol. The molecule has 0 saturated carbocycles. The summed E-state index contributed by atoms with van der Waals surface area (Å²) in [5.41, 5.74) is 3.89. The van der Waals surface area contributed by atoms with Gasteiger partial charge in [0, 0.05) is 30.4 Å². The molecule has 3 N–H and O–H groups in total. The number of hydrogen-bond acceptors (Lipinski definition) is 6. The number of aromatic nitrogens is 2. The summed E-state index contributed by atoms with van der Waals surface area (Å²) in [6, 6.07) is 10.9. The van der Waals surface area contributed by atoms with E-state index in [4.69, 9.17) is 10.2 Å². The summed E-state index contributed by atoms with van der Waals surface area (Å²) >= 11 is 0. The Labute approximate surface area is 155 Å². The van der Waals surface area contributed by atoms with Gasteiger partial charge in [-0.15, -0.1) is 12.4 Å². The molecule has 1 aromatic heterocycles. The highest BCUT2D eigenvalue weighted by atomic mass is 35.5. The molecule has 1 aliphatic rings. The molecule has 0 amide bonds. The molecule has 0 bridgehead atoms. The van der Waals surface area contributed by atoms with Crippen molar-refractivity contribution >= 4 is 40.4 Å². The van der Waals surface area contributed by atoms with Gasteiger partial charge < -0.3 is 15.7 Å². The molecule has 0 saturated heterocycles. The van der Waals surface area contributed by atoms with E-state index in [1.807, 2.05) is 28.9 Å². The third kappa shape index (κ3) is 2.88. The average Bonchev–Trinajstić information content (AvgIpc) is 2.99. The van der Waals surface area contributed by atoms with Crippen LogP contribution >= 0.6 is 12.4 Å². The summed E-state index contributed by atoms with van der Waals surface area (Å²) in [6.45, 7) is 1.86. The Hall–Kier alpha value is -2.68. The van der Waals surface area contributed by atoms with Gasteiger partial charge in [-0.05, 0) is 12.1 Å². The lowest BCUT2D eigenvalue weighted by Crippen LogP contribution is -2.23. The maximum atomic E-state index is 11.4. The molecule has 2 heterocycles. The fourth-order valence-electron chi connectivity index (χ4n) is 3.22. The standard InChI is InChI=1S/C17H17N5O3.ClH/c23-10-8-18-7-9-21-13-5-6-14(22(24)25)17-15(13)16(20-21)11-3-1-2-4-12(11)19-17;/h1-6,18-19,23H,7-10H2;1H. The molecule has 1 aliphatic heterocycles. The van der Waals surface area contributed by atoms with Crippen LogP contribution in [0.1, 0.15) is 0 Å². The van der Waals surface area contributed by atoms with E-state index in [2.05, 4.69) is 10.6 Å². The van der Waals surface area contributed by atoms with E-state index < -0.39 is 0 Å². The number of nitrogens with one attached hydrogen (secondary N) is 2. The first kappa shape index (κ1) is 18.1. The number of fused-ring (bicyclic) bond motifs is 2. The van der Waals surface area contributed by atoms with Crippen molar-refractivity contribution in [1.82, 2.24) is 15.1 Å². The first-order valence-corrected chi connectivity index (χ1v) is 8.06. The topological polar surface area (TPSA) is 105 Å². The zero-order chi connectivity index (χ0) is 17.4. The van der Waals surface area contributed by atoms with Gasteiger partial charge in [-0.25, -0.2) is 0 Å². The molecule has 26 heavy (non-hydrogen) atoms. The minimum Gasteiger partial charge on any atom is -0.395 e. The Balaban J connectivity index is 0.00000196. The summed E-state index contributed by atoms with van der Waals surface area (Å²) < 4.78 is 1.85. The van der Waals surface area contributed by atoms with Crippen molar-refractivity contribution in [2.75, 3.05) is 25.0 Å². The van der Waals surface area contributed by atoms with E-state index in [0.29, 0.717) is 25.3 Å². The smallest absolute Gasteiger partial charge is 0.293 e. The third-order valence-electron chi connectivity index (χ3n) is 4.32. The van der Waals surface area contributed by atoms with Gasteiger partial charge in [0.2, 0.25) is 0 Å². The Morgan fingerprint density at radius 3 is 2.81 bits per heavy atom. The molecule has 0 atom stereocenters. The lowest BCUT2D eigenvalue weighted by atomic mass is 9.99. The number of para-hydroxylation sites is 1. The monoisotopic (exact) mass is 375 g/mol. The number of aliphatic hydroxyl groups is 1. The van der Waals surface area contributed by atoms with Crippen LogP contribution < -0.4 is 10.6 Å². The summed E-state index contributed by atoms with van der Waals surface area (Å²) in [4.78, 5) is 11.1. The Kier molecular flexibility index (Phi) is 5.08. The Morgan fingerprint density at radius 1 is 1.23 bits per heavy atom. The first-order valence-electron chi connectivity index (χ1n) is 8.06. The highest BCUT2D eigenvalue weighted by Crippen LogP contribution is 2.46. The fraction of sp³-hybridized carbons (Fsp3) is 0.235. The van der Waals surface area contributed by atoms with E-state index >= 15 is 0 Å². The first-order chi connectivity index (χ1) is 12.2. The summed E-state index contributed by atoms with van der Waals surface area (Å²) in [7, 11) is 0. The van der Waals surface area contributed by atoms with Crippen molar-refractivity contribution in [2.45, 2.75) is 6.54 Å². The van der Waals surface area contributed by atoms with Crippen LogP contribution in [0.2, 0.25) is 0 Å². The molecule has 0 unspecified atom stereocenters. The van der Waals surface area contributed by atoms with Crippen LogP contribution in [0.15, 0.2) is 36.4 Å². The molecule has 0 radical (unpaired) electrons. The van der Waals surface area contributed by atoms with Crippen molar-refractivity contribution in [2.24, 2.45) is 0 Å². The van der Waals surface area contributed by atoms with E-state index in [1.54, 1.807) is 6.07 Å². The van der Waals surface area contributed by atoms with Gasteiger partial charge in [-0.1, -0.05) is 18.2 Å². The normalized spacial score (nSPS) is 11.6. The van der Waals surface area contributed by atoms with Crippen LogP contribution in [0.25, 0.3) is 22.2 Å². The van der Waals surface area contributed by atoms with Crippen LogP contribution in [0, 0.1) is 10.1 Å². The molecule has 9 heteroatoms. The molecule has 0 aliphatic carbocycles. The van der Waals surface area contributed by atoms with Crippen LogP contribution in [0.4, 0.5) is 17.1 Å². The SMILES string of the molecule is Cl.O=[N+]([O-])c1ccc2c3c(nn2CCNCCO)-c2ccccc2Nc13. The predicted octanol–water partition coefficient (Wildman–Crippen LogP) is 2.67.